The Balaban J connectivity index is 1.18. The Morgan fingerprint density at radius 3 is 2.80 bits per heavy atom. The summed E-state index contributed by atoms with van der Waals surface area (Å²) in [6, 6.07) is 6.09. The molecule has 4 saturated heterocycles. The van der Waals surface area contributed by atoms with Gasteiger partial charge in [-0.2, -0.15) is 0 Å². The van der Waals surface area contributed by atoms with Crippen LogP contribution in [0.2, 0.25) is 0 Å². The highest BCUT2D eigenvalue weighted by molar-refractivity contribution is 9.13. The molecule has 5 aliphatic rings. The molecule has 0 radical (unpaired) electrons. The lowest BCUT2D eigenvalue weighted by molar-refractivity contribution is -0.577. The second-order valence-corrected chi connectivity index (χ2v) is 12.3. The van der Waals surface area contributed by atoms with E-state index in [4.69, 9.17) is 24.0 Å². The highest BCUT2D eigenvalue weighted by atomic mass is 79.9. The van der Waals surface area contributed by atoms with Gasteiger partial charge >= 0.3 is 0 Å². The van der Waals surface area contributed by atoms with Crippen molar-refractivity contribution in [2.45, 2.75) is 77.0 Å². The van der Waals surface area contributed by atoms with Gasteiger partial charge in [0.05, 0.1) is 25.0 Å². The van der Waals surface area contributed by atoms with Crippen molar-refractivity contribution >= 4 is 31.9 Å². The van der Waals surface area contributed by atoms with Gasteiger partial charge in [-0.05, 0) is 82.0 Å². The molecule has 2 aromatic rings. The Morgan fingerprint density at radius 2 is 1.97 bits per heavy atom. The van der Waals surface area contributed by atoms with Crippen LogP contribution in [0.1, 0.15) is 46.5 Å². The first kappa shape index (κ1) is 24.5. The molecule has 1 aromatic carbocycles. The predicted molar refractivity (Wildman–Crippen MR) is 134 cm³/mol. The van der Waals surface area contributed by atoms with Crippen LogP contribution in [0.25, 0.3) is 11.3 Å². The Kier molecular flexibility index (Phi) is 6.39. The molecule has 7 rings (SSSR count). The zero-order chi connectivity index (χ0) is 24.4. The van der Waals surface area contributed by atoms with Crippen molar-refractivity contribution in [3.63, 3.8) is 0 Å². The second-order valence-electron chi connectivity index (χ2n) is 10.6. The van der Waals surface area contributed by atoms with Gasteiger partial charge in [0.1, 0.15) is 0 Å². The lowest BCUT2D eigenvalue weighted by Gasteiger charge is -2.60. The molecule has 1 spiro atoms. The maximum atomic E-state index is 6.51. The smallest absolute Gasteiger partial charge is 0.201 e. The average Bonchev–Trinajstić information content (AvgIpc) is 3.18. The van der Waals surface area contributed by atoms with Gasteiger partial charge in [-0.25, -0.2) is 14.5 Å². The van der Waals surface area contributed by atoms with Crippen molar-refractivity contribution < 1.29 is 24.0 Å². The molecule has 2 bridgehead atoms. The predicted octanol–water partition coefficient (Wildman–Crippen LogP) is 5.69. The number of hydrogen-bond donors (Lipinski definition) is 0. The summed E-state index contributed by atoms with van der Waals surface area (Å²) in [5.41, 5.74) is 1.40. The lowest BCUT2D eigenvalue weighted by Crippen LogP contribution is -2.70. The van der Waals surface area contributed by atoms with E-state index in [0.717, 1.165) is 39.5 Å². The lowest BCUT2D eigenvalue weighted by atomic mass is 9.58. The zero-order valence-electron chi connectivity index (χ0n) is 20.2. The molecule has 8 atom stereocenters. The van der Waals surface area contributed by atoms with Crippen LogP contribution in [0.3, 0.4) is 0 Å². The Hall–Kier alpha value is -0.880. The van der Waals surface area contributed by atoms with E-state index in [1.165, 1.54) is 6.42 Å². The summed E-state index contributed by atoms with van der Waals surface area (Å²) < 4.78 is 23.1. The van der Waals surface area contributed by atoms with Crippen molar-refractivity contribution in [3.05, 3.63) is 33.3 Å². The van der Waals surface area contributed by atoms with E-state index in [-0.39, 0.29) is 18.1 Å². The topological polar surface area (TPSA) is 76.9 Å². The average molecular weight is 613 g/mol. The third kappa shape index (κ3) is 4.04. The van der Waals surface area contributed by atoms with E-state index in [0.29, 0.717) is 25.0 Å². The van der Waals surface area contributed by atoms with E-state index in [1.54, 1.807) is 6.20 Å². The highest BCUT2D eigenvalue weighted by Gasteiger charge is 2.69. The molecule has 4 aliphatic heterocycles. The van der Waals surface area contributed by atoms with Crippen LogP contribution in [0.5, 0.6) is 0 Å². The number of benzene rings is 1. The highest BCUT2D eigenvalue weighted by Crippen LogP contribution is 2.60. The van der Waals surface area contributed by atoms with Crippen LogP contribution in [0.4, 0.5) is 0 Å². The summed E-state index contributed by atoms with van der Waals surface area (Å²) >= 11 is 7.10. The molecular formula is C25H31Br2N3O5. The van der Waals surface area contributed by atoms with E-state index < -0.39 is 17.7 Å². The van der Waals surface area contributed by atoms with Gasteiger partial charge in [0.25, 0.3) is 0 Å². The maximum Gasteiger partial charge on any atom is 0.201 e. The van der Waals surface area contributed by atoms with Crippen molar-refractivity contribution in [1.29, 1.82) is 0 Å². The first-order valence-electron chi connectivity index (χ1n) is 12.5. The summed E-state index contributed by atoms with van der Waals surface area (Å²) in [4.78, 5) is 12.1. The van der Waals surface area contributed by atoms with Crippen molar-refractivity contribution in [2.24, 2.45) is 23.7 Å². The van der Waals surface area contributed by atoms with Crippen molar-refractivity contribution in [1.82, 2.24) is 15.0 Å². The van der Waals surface area contributed by atoms with Crippen molar-refractivity contribution in [3.8, 4) is 11.3 Å². The molecule has 8 nitrogen and oxygen atoms in total. The summed E-state index contributed by atoms with van der Waals surface area (Å²) in [7, 11) is 0. The molecule has 10 heteroatoms. The monoisotopic (exact) mass is 611 g/mol. The molecule has 0 N–H and O–H groups in total. The van der Waals surface area contributed by atoms with Crippen LogP contribution >= 0.6 is 31.9 Å². The normalized spacial score (nSPS) is 40.4. The van der Waals surface area contributed by atoms with Crippen molar-refractivity contribution in [2.75, 3.05) is 6.61 Å². The third-order valence-corrected chi connectivity index (χ3v) is 10.4. The fourth-order valence-corrected chi connectivity index (χ4v) is 7.25. The minimum atomic E-state index is -0.781. The number of hydrogen-bond acceptors (Lipinski definition) is 7. The van der Waals surface area contributed by atoms with Gasteiger partial charge in [0.15, 0.2) is 18.2 Å². The molecule has 1 aliphatic carbocycles. The SMILES string of the molecule is C[C@@H]1CC[C@H]2[C@@H](C)C(OCCn3nncc3-c3ccc(Br)c(Br)c3)O[C@@H]3O[C@@]4(C)CC[C@@H]1[C@]32OO4. The quantitative estimate of drug-likeness (QED) is 0.401. The van der Waals surface area contributed by atoms with Crippen LogP contribution in [-0.4, -0.2) is 45.6 Å². The molecule has 0 amide bonds. The number of rotatable bonds is 5. The summed E-state index contributed by atoms with van der Waals surface area (Å²) in [6.07, 6.45) is 4.94. The molecule has 1 unspecified atom stereocenters. The molecule has 5 fully saturated rings. The second kappa shape index (κ2) is 9.15. The van der Waals surface area contributed by atoms with E-state index in [1.807, 2.05) is 29.8 Å². The first-order valence-corrected chi connectivity index (χ1v) is 14.0. The number of nitrogens with zero attached hydrogens (tertiary/aromatic N) is 3. The molecule has 35 heavy (non-hydrogen) atoms. The number of fused-ring (bicyclic) bond motifs is 2. The van der Waals surface area contributed by atoms with Gasteiger partial charge in [0, 0.05) is 32.8 Å². The van der Waals surface area contributed by atoms with E-state index in [2.05, 4.69) is 56.0 Å². The van der Waals surface area contributed by atoms with Gasteiger partial charge in [0.2, 0.25) is 5.79 Å². The van der Waals surface area contributed by atoms with Crippen LogP contribution in [0, 0.1) is 23.7 Å². The zero-order valence-corrected chi connectivity index (χ0v) is 23.3. The fourth-order valence-electron chi connectivity index (χ4n) is 6.62. The molecular weight excluding hydrogens is 582 g/mol. The largest absolute Gasteiger partial charge is 0.350 e. The van der Waals surface area contributed by atoms with Crippen LogP contribution < -0.4 is 0 Å². The van der Waals surface area contributed by atoms with Crippen LogP contribution in [0.15, 0.2) is 33.3 Å². The molecule has 1 saturated carbocycles. The summed E-state index contributed by atoms with van der Waals surface area (Å²) in [6.45, 7) is 7.48. The van der Waals surface area contributed by atoms with Gasteiger partial charge in [-0.1, -0.05) is 25.1 Å². The summed E-state index contributed by atoms with van der Waals surface area (Å²) in [5, 5.41) is 8.40. The Labute approximate surface area is 222 Å². The fraction of sp³-hybridized carbons (Fsp3) is 0.680. The standard InChI is InChI=1S/C25H31Br2N3O5/c1-14-4-6-18-15(2)22(32-23-25(18)17(14)8-9-24(3,33-23)34-35-25)31-11-10-30-21(13-28-29-30)16-5-7-19(26)20(27)12-16/h5,7,12-15,17-18,22-23H,4,6,8-11H2,1-3H3/t14-,15-,17+,18+,22?,23-,24-,25-/m1/s1. The van der Waals surface area contributed by atoms with E-state index >= 15 is 0 Å². The van der Waals surface area contributed by atoms with Crippen LogP contribution in [-0.2, 0) is 30.5 Å². The molecule has 190 valence electrons. The Bertz CT molecular complexity index is 1100. The maximum absolute atomic E-state index is 6.51. The number of ether oxygens (including phenoxy) is 3. The van der Waals surface area contributed by atoms with E-state index in [9.17, 15) is 0 Å². The first-order chi connectivity index (χ1) is 16.8. The number of aromatic nitrogens is 3. The molecule has 1 aromatic heterocycles. The third-order valence-electron chi connectivity index (χ3n) is 8.52. The molecule has 5 heterocycles. The van der Waals surface area contributed by atoms with Gasteiger partial charge < -0.3 is 14.2 Å². The number of halogens is 2. The van der Waals surface area contributed by atoms with Gasteiger partial charge in [-0.3, -0.25) is 0 Å². The minimum absolute atomic E-state index is 0.147. The van der Waals surface area contributed by atoms with Gasteiger partial charge in [-0.15, -0.1) is 5.10 Å². The Morgan fingerprint density at radius 1 is 1.11 bits per heavy atom. The minimum Gasteiger partial charge on any atom is -0.350 e. The summed E-state index contributed by atoms with van der Waals surface area (Å²) in [5.74, 6) is 0.503.